The second-order valence-corrected chi connectivity index (χ2v) is 6.66. The number of hydrogen-bond donors (Lipinski definition) is 2. The van der Waals surface area contributed by atoms with E-state index in [2.05, 4.69) is 10.6 Å². The Morgan fingerprint density at radius 3 is 2.64 bits per heavy atom. The molecule has 1 atom stereocenters. The molecule has 1 aromatic heterocycles. The number of nitrogens with one attached hydrogen (secondary N) is 2. The van der Waals surface area contributed by atoms with Gasteiger partial charge in [-0.3, -0.25) is 19.7 Å². The Kier molecular flexibility index (Phi) is 5.15. The number of piperidine rings is 1. The summed E-state index contributed by atoms with van der Waals surface area (Å²) in [6, 6.07) is 0.567. The van der Waals surface area contributed by atoms with Gasteiger partial charge in [0.1, 0.15) is 17.2 Å². The minimum absolute atomic E-state index is 0.000885. The first-order chi connectivity index (χ1) is 11.6. The fourth-order valence-corrected chi connectivity index (χ4v) is 2.21. The van der Waals surface area contributed by atoms with Gasteiger partial charge in [-0.05, 0) is 33.3 Å². The van der Waals surface area contributed by atoms with Gasteiger partial charge in [0.2, 0.25) is 17.7 Å². The minimum Gasteiger partial charge on any atom is -0.447 e. The van der Waals surface area contributed by atoms with Gasteiger partial charge >= 0.3 is 6.09 Å². The van der Waals surface area contributed by atoms with E-state index in [4.69, 9.17) is 9.15 Å². The van der Waals surface area contributed by atoms with Gasteiger partial charge in [-0.25, -0.2) is 9.69 Å². The van der Waals surface area contributed by atoms with Gasteiger partial charge in [-0.1, -0.05) is 0 Å². The van der Waals surface area contributed by atoms with Crippen LogP contribution in [0.2, 0.25) is 0 Å². The summed E-state index contributed by atoms with van der Waals surface area (Å²) in [5.41, 5.74) is -0.620. The van der Waals surface area contributed by atoms with Crippen LogP contribution in [-0.2, 0) is 14.3 Å². The number of imide groups is 1. The number of hydrogen-bond acceptors (Lipinski definition) is 6. The maximum Gasteiger partial charge on any atom is 0.416 e. The van der Waals surface area contributed by atoms with E-state index < -0.39 is 29.6 Å². The highest BCUT2D eigenvalue weighted by atomic mass is 16.6. The summed E-state index contributed by atoms with van der Waals surface area (Å²) >= 11 is 0. The van der Waals surface area contributed by atoms with Gasteiger partial charge in [0.15, 0.2) is 0 Å². The van der Waals surface area contributed by atoms with Crippen LogP contribution in [-0.4, -0.2) is 42.5 Å². The van der Waals surface area contributed by atoms with Crippen LogP contribution >= 0.6 is 0 Å². The van der Waals surface area contributed by atoms with Crippen molar-refractivity contribution in [3.05, 3.63) is 17.9 Å². The van der Waals surface area contributed by atoms with E-state index in [1.54, 1.807) is 20.8 Å². The molecule has 136 valence electrons. The van der Waals surface area contributed by atoms with Crippen LogP contribution in [0.1, 0.15) is 44.0 Å². The number of carbonyl (C=O) groups excluding carboxylic acids is 4. The lowest BCUT2D eigenvalue weighted by molar-refractivity contribution is -0.134. The predicted octanol–water partition coefficient (Wildman–Crippen LogP) is 1.19. The topological polar surface area (TPSA) is 118 Å². The Morgan fingerprint density at radius 1 is 1.36 bits per heavy atom. The first-order valence-corrected chi connectivity index (χ1v) is 7.77. The van der Waals surface area contributed by atoms with Crippen LogP contribution in [0.5, 0.6) is 0 Å². The fourth-order valence-electron chi connectivity index (χ4n) is 2.21. The molecule has 0 saturated carbocycles. The molecule has 0 spiro atoms. The number of carbonyl (C=O) groups is 4. The van der Waals surface area contributed by atoms with E-state index in [9.17, 15) is 19.2 Å². The zero-order chi connectivity index (χ0) is 18.8. The first kappa shape index (κ1) is 18.5. The molecule has 9 heteroatoms. The van der Waals surface area contributed by atoms with Gasteiger partial charge in [-0.15, -0.1) is 0 Å². The third-order valence-electron chi connectivity index (χ3n) is 3.41. The molecule has 1 unspecified atom stereocenters. The lowest BCUT2D eigenvalue weighted by Crippen LogP contribution is -2.52. The van der Waals surface area contributed by atoms with Crippen LogP contribution in [0.4, 0.5) is 10.7 Å². The summed E-state index contributed by atoms with van der Waals surface area (Å²) < 4.78 is 10.5. The van der Waals surface area contributed by atoms with Crippen LogP contribution in [0, 0.1) is 0 Å². The summed E-state index contributed by atoms with van der Waals surface area (Å²) in [6.07, 6.45) is 0.936. The van der Waals surface area contributed by atoms with Gasteiger partial charge < -0.3 is 14.5 Å². The fraction of sp³-hybridized carbons (Fsp3) is 0.500. The number of amides is 4. The number of furan rings is 1. The molecule has 4 amide bonds. The SMILES string of the molecule is CN(C(=O)OC(C)(C)C)c1occc1C(=O)NC1CCC(=O)NC1=O. The molecule has 0 bridgehead atoms. The molecule has 0 aromatic carbocycles. The molecule has 25 heavy (non-hydrogen) atoms. The molecule has 0 aliphatic carbocycles. The summed E-state index contributed by atoms with van der Waals surface area (Å²) in [7, 11) is 1.41. The van der Waals surface area contributed by atoms with Crippen molar-refractivity contribution in [2.45, 2.75) is 45.3 Å². The van der Waals surface area contributed by atoms with Crippen molar-refractivity contribution in [1.29, 1.82) is 0 Å². The van der Waals surface area contributed by atoms with Crippen molar-refractivity contribution < 1.29 is 28.3 Å². The molecule has 1 fully saturated rings. The predicted molar refractivity (Wildman–Crippen MR) is 87.0 cm³/mol. The Labute approximate surface area is 144 Å². The van der Waals surface area contributed by atoms with Crippen molar-refractivity contribution in [2.75, 3.05) is 11.9 Å². The highest BCUT2D eigenvalue weighted by Crippen LogP contribution is 2.23. The van der Waals surface area contributed by atoms with Crippen molar-refractivity contribution >= 4 is 29.7 Å². The molecule has 1 aromatic rings. The molecule has 1 aliphatic rings. The smallest absolute Gasteiger partial charge is 0.416 e. The lowest BCUT2D eigenvalue weighted by atomic mass is 10.1. The first-order valence-electron chi connectivity index (χ1n) is 7.77. The highest BCUT2D eigenvalue weighted by molar-refractivity contribution is 6.06. The zero-order valence-corrected chi connectivity index (χ0v) is 14.5. The maximum absolute atomic E-state index is 12.4. The molecule has 1 saturated heterocycles. The van der Waals surface area contributed by atoms with Crippen LogP contribution in [0.25, 0.3) is 0 Å². The second-order valence-electron chi connectivity index (χ2n) is 6.66. The van der Waals surface area contributed by atoms with E-state index in [0.717, 1.165) is 4.90 Å². The molecule has 2 N–H and O–H groups in total. The summed E-state index contributed by atoms with van der Waals surface area (Å²) in [6.45, 7) is 5.16. The standard InChI is InChI=1S/C16H21N3O6/c1-16(2,3)25-15(23)19(4)14-9(7-8-24-14)12(21)17-10-5-6-11(20)18-13(10)22/h7-8,10H,5-6H2,1-4H3,(H,17,21)(H,18,20,22). The molecule has 2 rings (SSSR count). The molecule has 9 nitrogen and oxygen atoms in total. The van der Waals surface area contributed by atoms with Gasteiger partial charge in [0.25, 0.3) is 5.91 Å². The lowest BCUT2D eigenvalue weighted by Gasteiger charge is -2.24. The molecule has 1 aliphatic heterocycles. The normalized spacial score (nSPS) is 17.7. The summed E-state index contributed by atoms with van der Waals surface area (Å²) in [5, 5.41) is 4.69. The Balaban J connectivity index is 2.10. The monoisotopic (exact) mass is 351 g/mol. The van der Waals surface area contributed by atoms with Crippen molar-refractivity contribution in [2.24, 2.45) is 0 Å². The van der Waals surface area contributed by atoms with E-state index in [1.165, 1.54) is 19.4 Å². The molecular formula is C16H21N3O6. The van der Waals surface area contributed by atoms with Gasteiger partial charge in [0, 0.05) is 13.5 Å². The Bertz CT molecular complexity index is 703. The van der Waals surface area contributed by atoms with Crippen LogP contribution < -0.4 is 15.5 Å². The quantitative estimate of drug-likeness (QED) is 0.790. The van der Waals surface area contributed by atoms with Gasteiger partial charge in [0.05, 0.1) is 6.26 Å². The number of ether oxygens (including phenoxy) is 1. The zero-order valence-electron chi connectivity index (χ0n) is 14.5. The highest BCUT2D eigenvalue weighted by Gasteiger charge is 2.31. The Morgan fingerprint density at radius 2 is 2.04 bits per heavy atom. The van der Waals surface area contributed by atoms with Crippen LogP contribution in [0.15, 0.2) is 16.7 Å². The van der Waals surface area contributed by atoms with Crippen molar-refractivity contribution in [3.8, 4) is 0 Å². The van der Waals surface area contributed by atoms with E-state index in [1.807, 2.05) is 0 Å². The maximum atomic E-state index is 12.4. The molecule has 2 heterocycles. The third kappa shape index (κ3) is 4.59. The average Bonchev–Trinajstić information content (AvgIpc) is 2.97. The molecule has 0 radical (unpaired) electrons. The van der Waals surface area contributed by atoms with E-state index in [-0.39, 0.29) is 30.2 Å². The summed E-state index contributed by atoms with van der Waals surface area (Å²) in [4.78, 5) is 48.5. The van der Waals surface area contributed by atoms with Gasteiger partial charge in [-0.2, -0.15) is 0 Å². The van der Waals surface area contributed by atoms with Crippen LogP contribution in [0.3, 0.4) is 0 Å². The van der Waals surface area contributed by atoms with E-state index >= 15 is 0 Å². The third-order valence-corrected chi connectivity index (χ3v) is 3.41. The Hall–Kier alpha value is -2.84. The van der Waals surface area contributed by atoms with Crippen molar-refractivity contribution in [3.63, 3.8) is 0 Å². The minimum atomic E-state index is -0.820. The average molecular weight is 351 g/mol. The summed E-state index contributed by atoms with van der Waals surface area (Å²) in [5.74, 6) is -1.52. The van der Waals surface area contributed by atoms with E-state index in [0.29, 0.717) is 0 Å². The number of nitrogens with zero attached hydrogens (tertiary/aromatic N) is 1. The van der Waals surface area contributed by atoms with Crippen molar-refractivity contribution in [1.82, 2.24) is 10.6 Å². The number of anilines is 1. The second kappa shape index (κ2) is 6.96. The number of rotatable bonds is 3. The largest absolute Gasteiger partial charge is 0.447 e. The molecular weight excluding hydrogens is 330 g/mol.